The van der Waals surface area contributed by atoms with E-state index < -0.39 is 10.0 Å². The number of ether oxygens (including phenoxy) is 1. The van der Waals surface area contributed by atoms with E-state index in [0.29, 0.717) is 18.8 Å². The summed E-state index contributed by atoms with van der Waals surface area (Å²) in [7, 11) is -2.06. The smallest absolute Gasteiger partial charge is 0.243 e. The van der Waals surface area contributed by atoms with Crippen LogP contribution in [0.2, 0.25) is 0 Å². The summed E-state index contributed by atoms with van der Waals surface area (Å²) >= 11 is 0. The van der Waals surface area contributed by atoms with Crippen molar-refractivity contribution in [3.63, 3.8) is 0 Å². The molecule has 1 saturated heterocycles. The Balaban J connectivity index is 1.35. The van der Waals surface area contributed by atoms with Crippen LogP contribution in [-0.2, 0) is 16.6 Å². The van der Waals surface area contributed by atoms with Crippen molar-refractivity contribution in [2.45, 2.75) is 30.8 Å². The highest BCUT2D eigenvalue weighted by Crippen LogP contribution is 2.32. The van der Waals surface area contributed by atoms with Gasteiger partial charge in [-0.05, 0) is 49.1 Å². The topological polar surface area (TPSA) is 93.1 Å². The third-order valence-electron chi connectivity index (χ3n) is 6.16. The molecule has 2 aromatic heterocycles. The highest BCUT2D eigenvalue weighted by Gasteiger charge is 2.38. The van der Waals surface area contributed by atoms with Gasteiger partial charge in [-0.2, -0.15) is 14.5 Å². The molecule has 0 bridgehead atoms. The summed E-state index contributed by atoms with van der Waals surface area (Å²) in [6, 6.07) is 12.8. The maximum absolute atomic E-state index is 13.3. The Hall–Kier alpha value is -3.17. The Kier molecular flexibility index (Phi) is 5.22. The van der Waals surface area contributed by atoms with E-state index >= 15 is 0 Å². The first kappa shape index (κ1) is 20.7. The second kappa shape index (κ2) is 8.07. The normalized spacial score (nSPS) is 19.6. The average molecular weight is 452 g/mol. The third kappa shape index (κ3) is 3.67. The minimum Gasteiger partial charge on any atom is -0.497 e. The number of nitrogens with one attached hydrogen (secondary N) is 1. The van der Waals surface area contributed by atoms with Crippen molar-refractivity contribution in [3.05, 3.63) is 61.1 Å². The molecule has 1 unspecified atom stereocenters. The minimum absolute atomic E-state index is 0.0780. The van der Waals surface area contributed by atoms with Crippen LogP contribution in [0.5, 0.6) is 5.75 Å². The molecule has 8 nitrogen and oxygen atoms in total. The lowest BCUT2D eigenvalue weighted by Gasteiger charge is -2.21. The van der Waals surface area contributed by atoms with Crippen LogP contribution in [0.25, 0.3) is 22.0 Å². The van der Waals surface area contributed by atoms with Gasteiger partial charge in [0.25, 0.3) is 0 Å². The Morgan fingerprint density at radius 2 is 2.03 bits per heavy atom. The maximum atomic E-state index is 13.3. The summed E-state index contributed by atoms with van der Waals surface area (Å²) in [6.07, 6.45) is 6.31. The molecule has 1 fully saturated rings. The molecule has 1 N–H and O–H groups in total. The third-order valence-corrected chi connectivity index (χ3v) is 8.13. The van der Waals surface area contributed by atoms with E-state index in [4.69, 9.17) is 4.74 Å². The standard InChI is InChI=1S/C23H25N5O3S/c1-16-8-17(15-28(16)32(29,30)22-5-3-4-21(10-22)31-2)14-27-23-7-6-18(9-19(23)13-26-27)20-11-24-25-12-20/h3-7,9-13,16-17H,8,14-15H2,1-2H3,(H,24,25)/t16-,17?/m0/s1. The van der Waals surface area contributed by atoms with Crippen LogP contribution >= 0.6 is 0 Å². The lowest BCUT2D eigenvalue weighted by atomic mass is 10.1. The van der Waals surface area contributed by atoms with Gasteiger partial charge in [-0.25, -0.2) is 8.42 Å². The zero-order valence-corrected chi connectivity index (χ0v) is 18.8. The van der Waals surface area contributed by atoms with Crippen molar-refractivity contribution in [1.29, 1.82) is 0 Å². The largest absolute Gasteiger partial charge is 0.497 e. The molecular weight excluding hydrogens is 426 g/mol. The summed E-state index contributed by atoms with van der Waals surface area (Å²) in [6.45, 7) is 3.11. The molecule has 166 valence electrons. The molecule has 1 aliphatic heterocycles. The molecular formula is C23H25N5O3S. The molecule has 0 radical (unpaired) electrons. The second-order valence-corrected chi connectivity index (χ2v) is 10.2. The number of hydrogen-bond donors (Lipinski definition) is 1. The molecule has 0 amide bonds. The number of methoxy groups -OCH3 is 1. The van der Waals surface area contributed by atoms with Crippen LogP contribution in [0, 0.1) is 5.92 Å². The van der Waals surface area contributed by atoms with Gasteiger partial charge in [0, 0.05) is 42.3 Å². The van der Waals surface area contributed by atoms with E-state index in [1.807, 2.05) is 24.0 Å². The Morgan fingerprint density at radius 3 is 2.81 bits per heavy atom. The highest BCUT2D eigenvalue weighted by molar-refractivity contribution is 7.89. The summed E-state index contributed by atoms with van der Waals surface area (Å²) in [5, 5.41) is 12.5. The lowest BCUT2D eigenvalue weighted by molar-refractivity contribution is 0.394. The van der Waals surface area contributed by atoms with Gasteiger partial charge in [-0.15, -0.1) is 0 Å². The fraction of sp³-hybridized carbons (Fsp3) is 0.304. The SMILES string of the molecule is COc1cccc(S(=O)(=O)N2CC(Cn3ncc4cc(-c5cn[nH]c5)ccc43)C[C@@H]2C)c1. The van der Waals surface area contributed by atoms with Gasteiger partial charge in [0.2, 0.25) is 10.0 Å². The number of benzene rings is 2. The van der Waals surface area contributed by atoms with E-state index in [1.54, 1.807) is 34.8 Å². The molecule has 4 aromatic rings. The fourth-order valence-electron chi connectivity index (χ4n) is 4.54. The predicted molar refractivity (Wildman–Crippen MR) is 122 cm³/mol. The first-order valence-electron chi connectivity index (χ1n) is 10.6. The quantitative estimate of drug-likeness (QED) is 0.484. The van der Waals surface area contributed by atoms with Crippen LogP contribution in [0.4, 0.5) is 0 Å². The van der Waals surface area contributed by atoms with Gasteiger partial charge in [0.05, 0.1) is 29.9 Å². The molecule has 1 aliphatic rings. The molecule has 32 heavy (non-hydrogen) atoms. The van der Waals surface area contributed by atoms with Gasteiger partial charge in [0.1, 0.15) is 5.75 Å². The van der Waals surface area contributed by atoms with E-state index in [1.165, 1.54) is 7.11 Å². The summed E-state index contributed by atoms with van der Waals surface area (Å²) in [4.78, 5) is 0.265. The number of aromatic amines is 1. The van der Waals surface area contributed by atoms with E-state index in [0.717, 1.165) is 28.5 Å². The van der Waals surface area contributed by atoms with Crippen LogP contribution in [0.15, 0.2) is 66.0 Å². The monoisotopic (exact) mass is 451 g/mol. The molecule has 2 atom stereocenters. The second-order valence-electron chi connectivity index (χ2n) is 8.29. The lowest BCUT2D eigenvalue weighted by Crippen LogP contribution is -2.34. The number of H-pyrrole nitrogens is 1. The summed E-state index contributed by atoms with van der Waals surface area (Å²) in [5.74, 6) is 0.717. The Bertz CT molecular complexity index is 1350. The molecule has 0 saturated carbocycles. The van der Waals surface area contributed by atoms with Crippen LogP contribution in [-0.4, -0.2) is 52.4 Å². The highest BCUT2D eigenvalue weighted by atomic mass is 32.2. The molecule has 0 aliphatic carbocycles. The predicted octanol–water partition coefficient (Wildman–Crippen LogP) is 3.53. The number of hydrogen-bond acceptors (Lipinski definition) is 5. The van der Waals surface area contributed by atoms with Gasteiger partial charge in [-0.3, -0.25) is 9.78 Å². The van der Waals surface area contributed by atoms with Crippen molar-refractivity contribution in [3.8, 4) is 16.9 Å². The maximum Gasteiger partial charge on any atom is 0.243 e. The van der Waals surface area contributed by atoms with Gasteiger partial charge in [-0.1, -0.05) is 12.1 Å². The Labute approximate surface area is 186 Å². The first-order chi connectivity index (χ1) is 15.5. The first-order valence-corrected chi connectivity index (χ1v) is 12.0. The van der Waals surface area contributed by atoms with E-state index in [-0.39, 0.29) is 16.9 Å². The van der Waals surface area contributed by atoms with Crippen molar-refractivity contribution >= 4 is 20.9 Å². The van der Waals surface area contributed by atoms with Crippen LogP contribution in [0.3, 0.4) is 0 Å². The van der Waals surface area contributed by atoms with Crippen LogP contribution in [0.1, 0.15) is 13.3 Å². The molecule has 9 heteroatoms. The molecule has 5 rings (SSSR count). The van der Waals surface area contributed by atoms with Crippen molar-refractivity contribution in [2.75, 3.05) is 13.7 Å². The Morgan fingerprint density at radius 1 is 1.16 bits per heavy atom. The van der Waals surface area contributed by atoms with Crippen molar-refractivity contribution < 1.29 is 13.2 Å². The van der Waals surface area contributed by atoms with Crippen molar-refractivity contribution in [1.82, 2.24) is 24.3 Å². The van der Waals surface area contributed by atoms with Crippen molar-refractivity contribution in [2.24, 2.45) is 5.92 Å². The summed E-state index contributed by atoms with van der Waals surface area (Å²) < 4.78 is 35.3. The number of rotatable bonds is 6. The average Bonchev–Trinajstić information content (AvgIpc) is 3.54. The number of aromatic nitrogens is 4. The molecule has 3 heterocycles. The zero-order chi connectivity index (χ0) is 22.3. The molecule has 2 aromatic carbocycles. The van der Waals surface area contributed by atoms with Gasteiger partial charge >= 0.3 is 0 Å². The van der Waals surface area contributed by atoms with Crippen LogP contribution < -0.4 is 4.74 Å². The van der Waals surface area contributed by atoms with E-state index in [2.05, 4.69) is 33.5 Å². The minimum atomic E-state index is -3.59. The summed E-state index contributed by atoms with van der Waals surface area (Å²) in [5.41, 5.74) is 3.15. The fourth-order valence-corrected chi connectivity index (χ4v) is 6.29. The molecule has 0 spiro atoms. The number of sulfonamides is 1. The van der Waals surface area contributed by atoms with Gasteiger partial charge < -0.3 is 4.74 Å². The number of nitrogens with zero attached hydrogens (tertiary/aromatic N) is 4. The van der Waals surface area contributed by atoms with Gasteiger partial charge in [0.15, 0.2) is 0 Å². The zero-order valence-electron chi connectivity index (χ0n) is 18.0. The number of fused-ring (bicyclic) bond motifs is 1. The van der Waals surface area contributed by atoms with E-state index in [9.17, 15) is 8.42 Å².